The number of imidazole rings is 1. The quantitative estimate of drug-likeness (QED) is 0.479. The highest BCUT2D eigenvalue weighted by Gasteiger charge is 2.24. The third-order valence-electron chi connectivity index (χ3n) is 4.63. The van der Waals surface area contributed by atoms with Gasteiger partial charge >= 0.3 is 0 Å². The number of thioether (sulfide) groups is 1. The van der Waals surface area contributed by atoms with Crippen LogP contribution >= 0.6 is 35.0 Å². The molecule has 1 N–H and O–H groups in total. The zero-order valence-electron chi connectivity index (χ0n) is 15.5. The fraction of sp³-hybridized carbons (Fsp3) is 0.190. The molecule has 0 atom stereocenters. The SMILES string of the molecule is CCCCn1c(-c2ccc(/C=C3\SC(=O)NC3=O)cc2)nc2cc(Cl)c(Cl)cc21. The summed E-state index contributed by atoms with van der Waals surface area (Å²) in [7, 11) is 0. The van der Waals surface area contributed by atoms with E-state index in [1.54, 1.807) is 12.1 Å². The molecule has 0 aliphatic carbocycles. The molecule has 2 heterocycles. The second-order valence-corrected chi connectivity index (χ2v) is 8.50. The van der Waals surface area contributed by atoms with Gasteiger partial charge < -0.3 is 4.57 Å². The number of rotatable bonds is 5. The standard InChI is InChI=1S/C21H17Cl2N3O2S/c1-2-3-8-26-17-11-15(23)14(22)10-16(17)24-19(26)13-6-4-12(5-7-13)9-18-20(27)25-21(28)29-18/h4-7,9-11H,2-3,8H2,1H3,(H,25,27,28)/b18-9-. The Labute approximate surface area is 182 Å². The number of nitrogens with one attached hydrogen (secondary N) is 1. The molecule has 3 aromatic rings. The van der Waals surface area contributed by atoms with Gasteiger partial charge in [-0.05, 0) is 42.0 Å². The summed E-state index contributed by atoms with van der Waals surface area (Å²) in [6.07, 6.45) is 3.78. The molecule has 1 aliphatic rings. The van der Waals surface area contributed by atoms with Crippen molar-refractivity contribution in [2.45, 2.75) is 26.3 Å². The largest absolute Gasteiger partial charge is 0.324 e. The molecular weight excluding hydrogens is 429 g/mol. The summed E-state index contributed by atoms with van der Waals surface area (Å²) in [6, 6.07) is 11.4. The minimum atomic E-state index is -0.362. The first-order chi connectivity index (χ1) is 14.0. The van der Waals surface area contributed by atoms with E-state index in [0.717, 1.165) is 59.1 Å². The van der Waals surface area contributed by atoms with Crippen LogP contribution in [-0.4, -0.2) is 20.7 Å². The van der Waals surface area contributed by atoms with Crippen LogP contribution in [0.4, 0.5) is 4.79 Å². The summed E-state index contributed by atoms with van der Waals surface area (Å²) in [6.45, 7) is 2.97. The molecule has 4 rings (SSSR count). The van der Waals surface area contributed by atoms with Gasteiger partial charge in [-0.2, -0.15) is 0 Å². The molecule has 0 saturated carbocycles. The first kappa shape index (κ1) is 20.0. The van der Waals surface area contributed by atoms with Crippen LogP contribution in [0.5, 0.6) is 0 Å². The monoisotopic (exact) mass is 445 g/mol. The summed E-state index contributed by atoms with van der Waals surface area (Å²) < 4.78 is 2.16. The molecule has 2 aromatic carbocycles. The molecular formula is C21H17Cl2N3O2S. The predicted molar refractivity (Wildman–Crippen MR) is 119 cm³/mol. The van der Waals surface area contributed by atoms with Gasteiger partial charge in [0.2, 0.25) is 0 Å². The molecule has 1 fully saturated rings. The Morgan fingerprint density at radius 3 is 2.52 bits per heavy atom. The zero-order valence-corrected chi connectivity index (χ0v) is 17.9. The van der Waals surface area contributed by atoms with Crippen molar-refractivity contribution in [2.75, 3.05) is 0 Å². The maximum absolute atomic E-state index is 11.7. The van der Waals surface area contributed by atoms with E-state index in [2.05, 4.69) is 16.8 Å². The van der Waals surface area contributed by atoms with E-state index in [-0.39, 0.29) is 11.1 Å². The lowest BCUT2D eigenvalue weighted by molar-refractivity contribution is -0.115. The molecule has 148 valence electrons. The average molecular weight is 446 g/mol. The van der Waals surface area contributed by atoms with Crippen LogP contribution in [0.15, 0.2) is 41.3 Å². The van der Waals surface area contributed by atoms with Gasteiger partial charge in [-0.25, -0.2) is 4.98 Å². The lowest BCUT2D eigenvalue weighted by Crippen LogP contribution is -2.17. The van der Waals surface area contributed by atoms with E-state index in [1.807, 2.05) is 30.3 Å². The van der Waals surface area contributed by atoms with Crippen LogP contribution in [0.3, 0.4) is 0 Å². The summed E-state index contributed by atoms with van der Waals surface area (Å²) in [5.74, 6) is 0.480. The number of benzene rings is 2. The molecule has 0 spiro atoms. The van der Waals surface area contributed by atoms with Crippen molar-refractivity contribution in [1.82, 2.24) is 14.9 Å². The number of unbranched alkanes of at least 4 members (excludes halogenated alkanes) is 1. The van der Waals surface area contributed by atoms with Crippen molar-refractivity contribution in [1.29, 1.82) is 0 Å². The second kappa shape index (κ2) is 8.22. The van der Waals surface area contributed by atoms with Crippen molar-refractivity contribution in [3.05, 3.63) is 56.9 Å². The van der Waals surface area contributed by atoms with E-state index >= 15 is 0 Å². The Morgan fingerprint density at radius 2 is 1.86 bits per heavy atom. The number of carbonyl (C=O) groups excluding carboxylic acids is 2. The van der Waals surface area contributed by atoms with Gasteiger partial charge in [-0.1, -0.05) is 60.8 Å². The summed E-state index contributed by atoms with van der Waals surface area (Å²) in [5.41, 5.74) is 3.54. The number of aromatic nitrogens is 2. The number of imide groups is 1. The van der Waals surface area contributed by atoms with Gasteiger partial charge in [0.1, 0.15) is 5.82 Å². The van der Waals surface area contributed by atoms with Gasteiger partial charge in [0.15, 0.2) is 0 Å². The predicted octanol–water partition coefficient (Wildman–Crippen LogP) is 6.13. The molecule has 0 unspecified atom stereocenters. The van der Waals surface area contributed by atoms with Gasteiger partial charge in [-0.3, -0.25) is 14.9 Å². The maximum Gasteiger partial charge on any atom is 0.290 e. The van der Waals surface area contributed by atoms with Gasteiger partial charge in [-0.15, -0.1) is 0 Å². The molecule has 5 nitrogen and oxygen atoms in total. The van der Waals surface area contributed by atoms with E-state index in [1.165, 1.54) is 0 Å². The summed E-state index contributed by atoms with van der Waals surface area (Å²) >= 11 is 13.3. The summed E-state index contributed by atoms with van der Waals surface area (Å²) in [5, 5.41) is 2.90. The molecule has 2 amide bonds. The molecule has 0 radical (unpaired) electrons. The van der Waals surface area contributed by atoms with Crippen LogP contribution in [-0.2, 0) is 11.3 Å². The smallest absolute Gasteiger partial charge is 0.290 e. The van der Waals surface area contributed by atoms with Crippen molar-refractivity contribution in [3.63, 3.8) is 0 Å². The number of nitrogens with zero attached hydrogens (tertiary/aromatic N) is 2. The number of hydrogen-bond acceptors (Lipinski definition) is 4. The van der Waals surface area contributed by atoms with Crippen molar-refractivity contribution in [2.24, 2.45) is 0 Å². The first-order valence-electron chi connectivity index (χ1n) is 9.17. The minimum absolute atomic E-state index is 0.347. The number of fused-ring (bicyclic) bond motifs is 1. The third kappa shape index (κ3) is 4.06. The summed E-state index contributed by atoms with van der Waals surface area (Å²) in [4.78, 5) is 28.2. The molecule has 8 heteroatoms. The van der Waals surface area contributed by atoms with Gasteiger partial charge in [0.05, 0.1) is 26.0 Å². The van der Waals surface area contributed by atoms with Crippen LogP contribution in [0, 0.1) is 0 Å². The highest BCUT2D eigenvalue weighted by molar-refractivity contribution is 8.18. The average Bonchev–Trinajstić information content (AvgIpc) is 3.20. The van der Waals surface area contributed by atoms with Crippen LogP contribution < -0.4 is 5.32 Å². The second-order valence-electron chi connectivity index (χ2n) is 6.67. The van der Waals surface area contributed by atoms with Crippen molar-refractivity contribution in [3.8, 4) is 11.4 Å². The number of amides is 2. The van der Waals surface area contributed by atoms with Crippen molar-refractivity contribution < 1.29 is 9.59 Å². The van der Waals surface area contributed by atoms with E-state index in [9.17, 15) is 9.59 Å². The number of carbonyl (C=O) groups is 2. The van der Waals surface area contributed by atoms with Gasteiger partial charge in [0, 0.05) is 12.1 Å². The molecule has 29 heavy (non-hydrogen) atoms. The fourth-order valence-electron chi connectivity index (χ4n) is 3.18. The molecule has 1 aromatic heterocycles. The normalized spacial score (nSPS) is 15.5. The van der Waals surface area contributed by atoms with E-state index in [4.69, 9.17) is 28.2 Å². The molecule has 0 bridgehead atoms. The van der Waals surface area contributed by atoms with Crippen molar-refractivity contribution >= 4 is 63.2 Å². The van der Waals surface area contributed by atoms with E-state index < -0.39 is 0 Å². The number of hydrogen-bond donors (Lipinski definition) is 1. The topological polar surface area (TPSA) is 64.0 Å². The Hall–Kier alpha value is -2.28. The van der Waals surface area contributed by atoms with Crippen LogP contribution in [0.1, 0.15) is 25.3 Å². The Balaban J connectivity index is 1.73. The zero-order chi connectivity index (χ0) is 20.5. The number of halogens is 2. The van der Waals surface area contributed by atoms with Crippen LogP contribution in [0.25, 0.3) is 28.5 Å². The maximum atomic E-state index is 11.7. The Bertz CT molecular complexity index is 1150. The molecule has 1 saturated heterocycles. The molecule has 1 aliphatic heterocycles. The van der Waals surface area contributed by atoms with E-state index in [0.29, 0.717) is 15.0 Å². The third-order valence-corrected chi connectivity index (χ3v) is 6.17. The minimum Gasteiger partial charge on any atom is -0.324 e. The lowest BCUT2D eigenvalue weighted by Gasteiger charge is -2.09. The first-order valence-corrected chi connectivity index (χ1v) is 10.7. The Morgan fingerprint density at radius 1 is 1.14 bits per heavy atom. The fourth-order valence-corrected chi connectivity index (χ4v) is 4.18. The number of aryl methyl sites for hydroxylation is 1. The Kier molecular flexibility index (Phi) is 5.67. The highest BCUT2D eigenvalue weighted by atomic mass is 35.5. The lowest BCUT2D eigenvalue weighted by atomic mass is 10.1. The highest BCUT2D eigenvalue weighted by Crippen LogP contribution is 2.32. The van der Waals surface area contributed by atoms with Gasteiger partial charge in [0.25, 0.3) is 11.1 Å². The van der Waals surface area contributed by atoms with Crippen LogP contribution in [0.2, 0.25) is 10.0 Å².